The number of rotatable bonds is 5. The molecule has 0 spiro atoms. The van der Waals surface area contributed by atoms with Crippen molar-refractivity contribution in [2.75, 3.05) is 0 Å². The fourth-order valence-electron chi connectivity index (χ4n) is 2.55. The van der Waals surface area contributed by atoms with E-state index in [4.69, 9.17) is 0 Å². The van der Waals surface area contributed by atoms with E-state index in [0.29, 0.717) is 23.0 Å². The summed E-state index contributed by atoms with van der Waals surface area (Å²) in [6.07, 6.45) is 0.464. The van der Waals surface area contributed by atoms with E-state index in [2.05, 4.69) is 16.0 Å². The van der Waals surface area contributed by atoms with E-state index in [-0.39, 0.29) is 11.1 Å². The van der Waals surface area contributed by atoms with Gasteiger partial charge in [-0.2, -0.15) is 5.26 Å². The van der Waals surface area contributed by atoms with Crippen LogP contribution in [-0.4, -0.2) is 9.97 Å². The number of thioether (sulfide) groups is 1. The lowest BCUT2D eigenvalue weighted by Gasteiger charge is -2.07. The summed E-state index contributed by atoms with van der Waals surface area (Å²) in [5.74, 6) is 0.710. The highest BCUT2D eigenvalue weighted by Crippen LogP contribution is 2.20. The van der Waals surface area contributed by atoms with Crippen LogP contribution in [-0.2, 0) is 12.2 Å². The molecule has 1 heterocycles. The van der Waals surface area contributed by atoms with Crippen LogP contribution in [0.15, 0.2) is 64.5 Å². The highest BCUT2D eigenvalue weighted by atomic mass is 32.2. The van der Waals surface area contributed by atoms with Gasteiger partial charge in [0.2, 0.25) is 0 Å². The molecule has 0 atom stereocenters. The minimum Gasteiger partial charge on any atom is -0.300 e. The molecule has 0 bridgehead atoms. The fraction of sp³-hybridized carbons (Fsp3) is 0.150. The molecule has 1 N–H and O–H groups in total. The Bertz CT molecular complexity index is 974. The summed E-state index contributed by atoms with van der Waals surface area (Å²) in [6.45, 7) is 2.05. The third-order valence-corrected chi connectivity index (χ3v) is 4.70. The lowest BCUT2D eigenvalue weighted by molar-refractivity contribution is 0.870. The maximum atomic E-state index is 12.2. The second kappa shape index (κ2) is 7.82. The van der Waals surface area contributed by atoms with Crippen LogP contribution in [0.4, 0.5) is 0 Å². The van der Waals surface area contributed by atoms with E-state index in [1.807, 2.05) is 61.5 Å². The summed E-state index contributed by atoms with van der Waals surface area (Å²) in [6, 6.07) is 19.9. The van der Waals surface area contributed by atoms with Crippen molar-refractivity contribution in [3.05, 3.63) is 92.9 Å². The lowest BCUT2D eigenvalue weighted by atomic mass is 10.1. The first-order chi connectivity index (χ1) is 12.2. The van der Waals surface area contributed by atoms with Gasteiger partial charge in [0.15, 0.2) is 5.16 Å². The molecule has 25 heavy (non-hydrogen) atoms. The Balaban J connectivity index is 1.85. The van der Waals surface area contributed by atoms with Crippen molar-refractivity contribution < 1.29 is 0 Å². The first-order valence-corrected chi connectivity index (χ1v) is 8.90. The van der Waals surface area contributed by atoms with Gasteiger partial charge >= 0.3 is 0 Å². The highest BCUT2D eigenvalue weighted by molar-refractivity contribution is 7.98. The summed E-state index contributed by atoms with van der Waals surface area (Å²) in [7, 11) is 0. The first kappa shape index (κ1) is 17.0. The zero-order valence-corrected chi connectivity index (χ0v) is 14.6. The molecule has 0 aliphatic carbocycles. The van der Waals surface area contributed by atoms with E-state index < -0.39 is 0 Å². The third-order valence-electron chi connectivity index (χ3n) is 3.76. The van der Waals surface area contributed by atoms with Gasteiger partial charge in [0.1, 0.15) is 11.6 Å². The van der Waals surface area contributed by atoms with Gasteiger partial charge in [0.25, 0.3) is 5.56 Å². The number of H-pyrrole nitrogens is 1. The van der Waals surface area contributed by atoms with E-state index >= 15 is 0 Å². The van der Waals surface area contributed by atoms with E-state index in [9.17, 15) is 10.1 Å². The molecule has 0 amide bonds. The lowest BCUT2D eigenvalue weighted by Crippen LogP contribution is -2.17. The van der Waals surface area contributed by atoms with Crippen molar-refractivity contribution in [2.45, 2.75) is 24.3 Å². The number of aromatic nitrogens is 2. The third kappa shape index (κ3) is 4.37. The maximum absolute atomic E-state index is 12.2. The molecule has 3 aromatic rings. The number of benzene rings is 2. The van der Waals surface area contributed by atoms with Crippen molar-refractivity contribution in [1.82, 2.24) is 9.97 Å². The van der Waals surface area contributed by atoms with Gasteiger partial charge < -0.3 is 4.98 Å². The van der Waals surface area contributed by atoms with Gasteiger partial charge in [-0.1, -0.05) is 71.9 Å². The number of nitrogens with one attached hydrogen (secondary N) is 1. The zero-order valence-electron chi connectivity index (χ0n) is 13.8. The molecule has 5 heteroatoms. The highest BCUT2D eigenvalue weighted by Gasteiger charge is 2.12. The fourth-order valence-corrected chi connectivity index (χ4v) is 3.37. The van der Waals surface area contributed by atoms with Gasteiger partial charge in [-0.25, -0.2) is 4.98 Å². The molecule has 0 saturated carbocycles. The average molecular weight is 347 g/mol. The van der Waals surface area contributed by atoms with Crippen LogP contribution in [0.2, 0.25) is 0 Å². The molecule has 0 aliphatic rings. The Labute approximate surface area is 150 Å². The number of nitriles is 1. The van der Waals surface area contributed by atoms with E-state index in [1.54, 1.807) is 0 Å². The topological polar surface area (TPSA) is 69.5 Å². The van der Waals surface area contributed by atoms with Crippen molar-refractivity contribution in [1.29, 1.82) is 5.26 Å². The van der Waals surface area contributed by atoms with Crippen molar-refractivity contribution >= 4 is 11.8 Å². The monoisotopic (exact) mass is 347 g/mol. The van der Waals surface area contributed by atoms with Crippen molar-refractivity contribution in [3.63, 3.8) is 0 Å². The number of nitrogens with zero attached hydrogens (tertiary/aromatic N) is 2. The predicted octanol–water partition coefficient (Wildman–Crippen LogP) is 3.83. The standard InChI is InChI=1S/C20H17N3OS/c1-14-6-5-9-16(10-14)13-25-20-22-18(17(12-21)19(24)23-20)11-15-7-3-2-4-8-15/h2-10H,11,13H2,1H3,(H,22,23,24). The largest absolute Gasteiger partial charge is 0.300 e. The molecular formula is C20H17N3OS. The van der Waals surface area contributed by atoms with Crippen LogP contribution in [0, 0.1) is 18.3 Å². The van der Waals surface area contributed by atoms with Gasteiger partial charge in [-0.3, -0.25) is 4.79 Å². The van der Waals surface area contributed by atoms with Crippen LogP contribution in [0.1, 0.15) is 27.9 Å². The molecule has 0 aliphatic heterocycles. The molecule has 1 aromatic heterocycles. The van der Waals surface area contributed by atoms with E-state index in [0.717, 1.165) is 5.56 Å². The molecule has 124 valence electrons. The molecule has 0 unspecified atom stereocenters. The van der Waals surface area contributed by atoms with Crippen LogP contribution in [0.3, 0.4) is 0 Å². The minimum atomic E-state index is -0.379. The van der Waals surface area contributed by atoms with Crippen LogP contribution >= 0.6 is 11.8 Å². The number of aromatic amines is 1. The Morgan fingerprint density at radius 3 is 2.60 bits per heavy atom. The Morgan fingerprint density at radius 2 is 1.88 bits per heavy atom. The summed E-state index contributed by atoms with van der Waals surface area (Å²) < 4.78 is 0. The Hall–Kier alpha value is -2.84. The SMILES string of the molecule is Cc1cccc(CSc2nc(Cc3ccccc3)c(C#N)c(=O)[nH]2)c1. The number of hydrogen-bond acceptors (Lipinski definition) is 4. The summed E-state index contributed by atoms with van der Waals surface area (Å²) >= 11 is 1.46. The molecular weight excluding hydrogens is 330 g/mol. The molecule has 0 saturated heterocycles. The second-order valence-corrected chi connectivity index (χ2v) is 6.71. The van der Waals surface area contributed by atoms with Crippen molar-refractivity contribution in [3.8, 4) is 6.07 Å². The Kier molecular flexibility index (Phi) is 5.32. The molecule has 4 nitrogen and oxygen atoms in total. The smallest absolute Gasteiger partial charge is 0.269 e. The number of hydrogen-bond donors (Lipinski definition) is 1. The average Bonchev–Trinajstić information content (AvgIpc) is 2.61. The first-order valence-electron chi connectivity index (χ1n) is 7.91. The summed E-state index contributed by atoms with van der Waals surface area (Å²) in [5, 5.41) is 9.83. The molecule has 2 aromatic carbocycles. The second-order valence-electron chi connectivity index (χ2n) is 5.74. The van der Waals surface area contributed by atoms with Crippen molar-refractivity contribution in [2.24, 2.45) is 0 Å². The normalized spacial score (nSPS) is 10.4. The minimum absolute atomic E-state index is 0.0868. The van der Waals surface area contributed by atoms with E-state index in [1.165, 1.54) is 22.9 Å². The summed E-state index contributed by atoms with van der Waals surface area (Å²) in [4.78, 5) is 19.4. The Morgan fingerprint density at radius 1 is 1.12 bits per heavy atom. The summed E-state index contributed by atoms with van der Waals surface area (Å²) in [5.41, 5.74) is 3.61. The van der Waals surface area contributed by atoms with Gasteiger partial charge in [0, 0.05) is 12.2 Å². The van der Waals surface area contributed by atoms with Gasteiger partial charge in [-0.15, -0.1) is 0 Å². The molecule has 0 fully saturated rings. The van der Waals surface area contributed by atoms with Crippen LogP contribution in [0.5, 0.6) is 0 Å². The molecule has 3 rings (SSSR count). The predicted molar refractivity (Wildman–Crippen MR) is 99.6 cm³/mol. The molecule has 0 radical (unpaired) electrons. The number of aryl methyl sites for hydroxylation is 1. The van der Waals surface area contributed by atoms with Gasteiger partial charge in [0.05, 0.1) is 5.69 Å². The quantitative estimate of drug-likeness (QED) is 0.562. The van der Waals surface area contributed by atoms with Gasteiger partial charge in [-0.05, 0) is 18.1 Å². The van der Waals surface area contributed by atoms with Crippen LogP contribution in [0.25, 0.3) is 0 Å². The van der Waals surface area contributed by atoms with Crippen LogP contribution < -0.4 is 5.56 Å². The zero-order chi connectivity index (χ0) is 17.6. The maximum Gasteiger partial charge on any atom is 0.269 e.